The Labute approximate surface area is 194 Å². The average Bonchev–Trinajstić information content (AvgIpc) is 2.80. The molecule has 0 bridgehead atoms. The molecular formula is C27H31F3NO2. The fourth-order valence-corrected chi connectivity index (χ4v) is 3.44. The van der Waals surface area contributed by atoms with Crippen molar-refractivity contribution in [1.82, 2.24) is 5.73 Å². The van der Waals surface area contributed by atoms with Crippen LogP contribution in [0.3, 0.4) is 0 Å². The number of carbonyl (C=O) groups is 1. The largest absolute Gasteiger partial charge is 0.469 e. The maximum atomic E-state index is 12.7. The second-order valence-corrected chi connectivity index (χ2v) is 8.07. The van der Waals surface area contributed by atoms with Gasteiger partial charge < -0.3 is 4.74 Å². The van der Waals surface area contributed by atoms with E-state index in [-0.39, 0.29) is 5.97 Å². The SMILES string of the molecule is COC(=O)CCCCCCCCC#Cc1ccc(CC([NH])c2ccc(C(F)(F)F)cc2)cc1. The van der Waals surface area contributed by atoms with Gasteiger partial charge in [-0.3, -0.25) is 4.79 Å². The molecule has 0 saturated carbocycles. The van der Waals surface area contributed by atoms with Gasteiger partial charge in [-0.15, -0.1) is 0 Å². The molecule has 0 spiro atoms. The van der Waals surface area contributed by atoms with E-state index in [1.165, 1.54) is 19.2 Å². The molecular weight excluding hydrogens is 427 g/mol. The van der Waals surface area contributed by atoms with Crippen LogP contribution >= 0.6 is 0 Å². The maximum Gasteiger partial charge on any atom is 0.416 e. The minimum Gasteiger partial charge on any atom is -0.469 e. The molecule has 2 aromatic rings. The fraction of sp³-hybridized carbons (Fsp3) is 0.444. The van der Waals surface area contributed by atoms with Crippen molar-refractivity contribution in [3.63, 3.8) is 0 Å². The lowest BCUT2D eigenvalue weighted by atomic mass is 9.98. The van der Waals surface area contributed by atoms with E-state index in [1.807, 2.05) is 24.3 Å². The van der Waals surface area contributed by atoms with Crippen molar-refractivity contribution in [2.45, 2.75) is 70.0 Å². The number of unbranched alkanes of at least 4 members (excludes halogenated alkanes) is 6. The Kier molecular flexibility index (Phi) is 11.0. The standard InChI is InChI=1S/C27H31F3NO2/c1-33-26(32)11-9-7-5-3-2-4-6-8-10-21-12-14-22(15-13-21)20-25(31)23-16-18-24(19-17-23)27(28,29)30/h12-19,25,31H,2-7,9,11,20H2,1H3. The monoisotopic (exact) mass is 458 g/mol. The van der Waals surface area contributed by atoms with Gasteiger partial charge in [0.1, 0.15) is 0 Å². The Morgan fingerprint density at radius 2 is 1.55 bits per heavy atom. The molecule has 6 heteroatoms. The molecule has 1 N–H and O–H groups in total. The summed E-state index contributed by atoms with van der Waals surface area (Å²) in [6.45, 7) is 0. The third-order valence-corrected chi connectivity index (χ3v) is 5.43. The van der Waals surface area contributed by atoms with Gasteiger partial charge in [0.15, 0.2) is 0 Å². The molecule has 1 unspecified atom stereocenters. The molecule has 0 fully saturated rings. The molecule has 2 aromatic carbocycles. The molecule has 0 aliphatic heterocycles. The summed E-state index contributed by atoms with van der Waals surface area (Å²) >= 11 is 0. The van der Waals surface area contributed by atoms with Crippen LogP contribution in [0.25, 0.3) is 0 Å². The molecule has 2 rings (SSSR count). The van der Waals surface area contributed by atoms with Crippen molar-refractivity contribution in [2.75, 3.05) is 7.11 Å². The number of ether oxygens (including phenoxy) is 1. The lowest BCUT2D eigenvalue weighted by Gasteiger charge is -2.13. The Morgan fingerprint density at radius 3 is 2.15 bits per heavy atom. The molecule has 3 nitrogen and oxygen atoms in total. The number of alkyl halides is 3. The van der Waals surface area contributed by atoms with Crippen molar-refractivity contribution >= 4 is 5.97 Å². The average molecular weight is 459 g/mol. The number of benzene rings is 2. The predicted octanol–water partition coefficient (Wildman–Crippen LogP) is 6.92. The van der Waals surface area contributed by atoms with Gasteiger partial charge in [-0.05, 0) is 54.7 Å². The molecule has 0 aliphatic rings. The first-order valence-electron chi connectivity index (χ1n) is 11.3. The van der Waals surface area contributed by atoms with E-state index in [2.05, 4.69) is 16.6 Å². The van der Waals surface area contributed by atoms with E-state index in [1.54, 1.807) is 0 Å². The third-order valence-electron chi connectivity index (χ3n) is 5.43. The Morgan fingerprint density at radius 1 is 0.939 bits per heavy atom. The highest BCUT2D eigenvalue weighted by Crippen LogP contribution is 2.30. The minimum atomic E-state index is -4.36. The summed E-state index contributed by atoms with van der Waals surface area (Å²) in [5.74, 6) is 6.20. The lowest BCUT2D eigenvalue weighted by Crippen LogP contribution is -2.07. The first-order valence-corrected chi connectivity index (χ1v) is 11.3. The Balaban J connectivity index is 1.68. The number of hydrogen-bond acceptors (Lipinski definition) is 2. The van der Waals surface area contributed by atoms with Crippen LogP contribution in [-0.4, -0.2) is 13.1 Å². The summed E-state index contributed by atoms with van der Waals surface area (Å²) in [6, 6.07) is 11.9. The van der Waals surface area contributed by atoms with E-state index in [4.69, 9.17) is 5.73 Å². The first-order chi connectivity index (χ1) is 15.8. The summed E-state index contributed by atoms with van der Waals surface area (Å²) in [7, 11) is 1.41. The number of carbonyl (C=O) groups excluding carboxylic acids is 1. The number of esters is 1. The number of rotatable bonds is 11. The highest BCUT2D eigenvalue weighted by atomic mass is 19.4. The van der Waals surface area contributed by atoms with E-state index in [0.29, 0.717) is 18.4 Å². The van der Waals surface area contributed by atoms with Gasteiger partial charge in [0.2, 0.25) is 0 Å². The van der Waals surface area contributed by atoms with Crippen LogP contribution < -0.4 is 5.73 Å². The molecule has 33 heavy (non-hydrogen) atoms. The van der Waals surface area contributed by atoms with Crippen LogP contribution in [0, 0.1) is 11.8 Å². The van der Waals surface area contributed by atoms with E-state index >= 15 is 0 Å². The zero-order chi connectivity index (χ0) is 24.1. The first kappa shape index (κ1) is 26.5. The van der Waals surface area contributed by atoms with Crippen molar-refractivity contribution in [1.29, 1.82) is 0 Å². The fourth-order valence-electron chi connectivity index (χ4n) is 3.44. The lowest BCUT2D eigenvalue weighted by molar-refractivity contribution is -0.140. The van der Waals surface area contributed by atoms with Crippen molar-refractivity contribution in [3.05, 3.63) is 70.8 Å². The number of halogens is 3. The van der Waals surface area contributed by atoms with Gasteiger partial charge in [-0.25, -0.2) is 5.73 Å². The van der Waals surface area contributed by atoms with E-state index < -0.39 is 17.8 Å². The molecule has 1 atom stereocenters. The molecule has 0 heterocycles. The maximum absolute atomic E-state index is 12.7. The van der Waals surface area contributed by atoms with Gasteiger partial charge in [-0.2, -0.15) is 13.2 Å². The van der Waals surface area contributed by atoms with Crippen LogP contribution in [0.5, 0.6) is 0 Å². The Bertz CT molecular complexity index is 910. The quantitative estimate of drug-likeness (QED) is 0.209. The molecule has 1 radical (unpaired) electrons. The number of hydrogen-bond donors (Lipinski definition) is 0. The molecule has 0 aliphatic carbocycles. The van der Waals surface area contributed by atoms with Crippen LogP contribution in [-0.2, 0) is 22.1 Å². The minimum absolute atomic E-state index is 0.142. The number of methoxy groups -OCH3 is 1. The summed E-state index contributed by atoms with van der Waals surface area (Å²) < 4.78 is 42.6. The topological polar surface area (TPSA) is 50.1 Å². The second-order valence-electron chi connectivity index (χ2n) is 8.07. The van der Waals surface area contributed by atoms with Crippen molar-refractivity contribution in [3.8, 4) is 11.8 Å². The molecule has 0 saturated heterocycles. The summed E-state index contributed by atoms with van der Waals surface area (Å²) in [5, 5.41) is 0. The zero-order valence-corrected chi connectivity index (χ0v) is 19.0. The summed E-state index contributed by atoms with van der Waals surface area (Å²) in [4.78, 5) is 11.0. The van der Waals surface area contributed by atoms with Gasteiger partial charge >= 0.3 is 12.1 Å². The van der Waals surface area contributed by atoms with Crippen LogP contribution in [0.4, 0.5) is 13.2 Å². The van der Waals surface area contributed by atoms with Gasteiger partial charge in [0.05, 0.1) is 18.7 Å². The molecule has 0 aromatic heterocycles. The molecule has 177 valence electrons. The van der Waals surface area contributed by atoms with Crippen molar-refractivity contribution < 1.29 is 22.7 Å². The molecule has 0 amide bonds. The summed E-state index contributed by atoms with van der Waals surface area (Å²) in [6.07, 6.45) is 3.78. The van der Waals surface area contributed by atoms with Gasteiger partial charge in [0, 0.05) is 18.4 Å². The highest BCUT2D eigenvalue weighted by Gasteiger charge is 2.30. The van der Waals surface area contributed by atoms with Crippen LogP contribution in [0.2, 0.25) is 0 Å². The van der Waals surface area contributed by atoms with E-state index in [0.717, 1.165) is 68.2 Å². The normalized spacial score (nSPS) is 12.0. The van der Waals surface area contributed by atoms with Crippen LogP contribution in [0.15, 0.2) is 48.5 Å². The summed E-state index contributed by atoms with van der Waals surface area (Å²) in [5.41, 5.74) is 9.99. The number of nitrogens with one attached hydrogen (secondary N) is 1. The van der Waals surface area contributed by atoms with E-state index in [9.17, 15) is 18.0 Å². The highest BCUT2D eigenvalue weighted by molar-refractivity contribution is 5.68. The zero-order valence-electron chi connectivity index (χ0n) is 19.0. The Hall–Kier alpha value is -2.78. The second kappa shape index (κ2) is 13.7. The van der Waals surface area contributed by atoms with Gasteiger partial charge in [0.25, 0.3) is 0 Å². The van der Waals surface area contributed by atoms with Crippen molar-refractivity contribution in [2.24, 2.45) is 0 Å². The van der Waals surface area contributed by atoms with Gasteiger partial charge in [-0.1, -0.05) is 61.8 Å². The van der Waals surface area contributed by atoms with Crippen LogP contribution in [0.1, 0.15) is 79.7 Å². The predicted molar refractivity (Wildman–Crippen MR) is 123 cm³/mol. The third kappa shape index (κ3) is 10.1. The smallest absolute Gasteiger partial charge is 0.416 e.